The number of rotatable bonds is 3. The van der Waals surface area contributed by atoms with Gasteiger partial charge in [0, 0.05) is 25.2 Å². The topological polar surface area (TPSA) is 111 Å². The lowest BCUT2D eigenvalue weighted by atomic mass is 10.2. The summed E-state index contributed by atoms with van der Waals surface area (Å²) in [4.78, 5) is 23.2. The Morgan fingerprint density at radius 3 is 2.65 bits per heavy atom. The molecule has 8 heteroatoms. The molecule has 1 aliphatic rings. The molecule has 1 aromatic carbocycles. The van der Waals surface area contributed by atoms with Gasteiger partial charge in [0.2, 0.25) is 5.88 Å². The van der Waals surface area contributed by atoms with Gasteiger partial charge in [0.05, 0.1) is 12.8 Å². The fourth-order valence-corrected chi connectivity index (χ4v) is 2.35. The molecule has 3 N–H and O–H groups in total. The number of primary amides is 1. The smallest absolute Gasteiger partial charge is 0.269 e. The molecule has 2 heterocycles. The van der Waals surface area contributed by atoms with Crippen molar-refractivity contribution in [1.82, 2.24) is 14.7 Å². The molecule has 136 valence electrons. The number of methoxy groups -OCH3 is 1. The van der Waals surface area contributed by atoms with E-state index in [2.05, 4.69) is 11.0 Å². The Morgan fingerprint density at radius 2 is 2.19 bits per heavy atom. The van der Waals surface area contributed by atoms with Crippen LogP contribution in [0.3, 0.4) is 0 Å². The summed E-state index contributed by atoms with van der Waals surface area (Å²) in [6, 6.07) is 8.65. The highest BCUT2D eigenvalue weighted by atomic mass is 16.5. The van der Waals surface area contributed by atoms with Gasteiger partial charge >= 0.3 is 0 Å². The Bertz CT molecular complexity index is 841. The second-order valence-electron chi connectivity index (χ2n) is 5.61. The Balaban J connectivity index is 0.000000254. The maximum Gasteiger partial charge on any atom is 0.269 e. The Labute approximate surface area is 151 Å². The zero-order chi connectivity index (χ0) is 19.3. The zero-order valence-electron chi connectivity index (χ0n) is 14.5. The molecule has 0 aliphatic carbocycles. The highest BCUT2D eigenvalue weighted by Crippen LogP contribution is 2.19. The number of amides is 2. The van der Waals surface area contributed by atoms with Crippen LogP contribution in [0.5, 0.6) is 5.88 Å². The maximum absolute atomic E-state index is 11.1. The first-order chi connectivity index (χ1) is 12.4. The van der Waals surface area contributed by atoms with Crippen LogP contribution in [0.1, 0.15) is 22.5 Å². The number of hydrogen-bond donors (Lipinski definition) is 2. The molecule has 1 aromatic heterocycles. The second-order valence-corrected chi connectivity index (χ2v) is 5.61. The highest BCUT2D eigenvalue weighted by Gasteiger charge is 2.25. The lowest BCUT2D eigenvalue weighted by Crippen LogP contribution is -2.24. The standard InChI is InChI=1S/C13H11N3O2.C5H9NO2/c1-3-9-5-4-6-10(7-9)16-12(18-2)8-11(15-16)13(14)17;1-6-3-2-4(7)5(6)8/h1,4-8H,2H3,(H2,14,17);4,7H,2-3H2,1H3. The van der Waals surface area contributed by atoms with Crippen molar-refractivity contribution in [1.29, 1.82) is 0 Å². The summed E-state index contributed by atoms with van der Waals surface area (Å²) < 4.78 is 6.62. The summed E-state index contributed by atoms with van der Waals surface area (Å²) >= 11 is 0. The number of benzene rings is 1. The maximum atomic E-state index is 11.1. The van der Waals surface area contributed by atoms with Crippen LogP contribution in [-0.2, 0) is 4.79 Å². The molecule has 26 heavy (non-hydrogen) atoms. The van der Waals surface area contributed by atoms with Gasteiger partial charge in [0.1, 0.15) is 6.10 Å². The van der Waals surface area contributed by atoms with Crippen LogP contribution >= 0.6 is 0 Å². The fourth-order valence-electron chi connectivity index (χ4n) is 2.35. The largest absolute Gasteiger partial charge is 0.481 e. The van der Waals surface area contributed by atoms with E-state index in [-0.39, 0.29) is 11.6 Å². The first-order valence-electron chi connectivity index (χ1n) is 7.81. The van der Waals surface area contributed by atoms with E-state index in [1.165, 1.54) is 22.8 Å². The average Bonchev–Trinajstić information content (AvgIpc) is 3.21. The van der Waals surface area contributed by atoms with Crippen LogP contribution in [-0.4, -0.2) is 58.4 Å². The number of nitrogens with two attached hydrogens (primary N) is 1. The van der Waals surface area contributed by atoms with Gasteiger partial charge in [-0.25, -0.2) is 4.68 Å². The number of nitrogens with zero attached hydrogens (tertiary/aromatic N) is 3. The molecule has 1 saturated heterocycles. The first kappa shape index (κ1) is 19.0. The number of aliphatic hydroxyl groups excluding tert-OH is 1. The molecule has 1 fully saturated rings. The molecular formula is C18H20N4O4. The minimum atomic E-state index is -0.722. The molecule has 0 saturated carbocycles. The number of likely N-dealkylation sites (N-methyl/N-ethyl adjacent to an activating group) is 1. The minimum absolute atomic E-state index is 0.137. The molecule has 2 aromatic rings. The van der Waals surface area contributed by atoms with Crippen LogP contribution in [0.2, 0.25) is 0 Å². The first-order valence-corrected chi connectivity index (χ1v) is 7.81. The fraction of sp³-hybridized carbons (Fsp3) is 0.278. The van der Waals surface area contributed by atoms with E-state index in [1.807, 2.05) is 0 Å². The predicted molar refractivity (Wildman–Crippen MR) is 94.8 cm³/mol. The monoisotopic (exact) mass is 356 g/mol. The van der Waals surface area contributed by atoms with Gasteiger partial charge in [-0.1, -0.05) is 12.0 Å². The molecule has 1 aliphatic heterocycles. The molecule has 0 radical (unpaired) electrons. The molecule has 1 atom stereocenters. The highest BCUT2D eigenvalue weighted by molar-refractivity contribution is 5.91. The number of ether oxygens (including phenoxy) is 1. The summed E-state index contributed by atoms with van der Waals surface area (Å²) in [6.07, 6.45) is 5.21. The number of likely N-dealkylation sites (tertiary alicyclic amines) is 1. The van der Waals surface area contributed by atoms with E-state index < -0.39 is 12.0 Å². The van der Waals surface area contributed by atoms with Gasteiger partial charge in [0.25, 0.3) is 11.8 Å². The van der Waals surface area contributed by atoms with Crippen molar-refractivity contribution < 1.29 is 19.4 Å². The molecule has 3 rings (SSSR count). The Hall–Kier alpha value is -3.31. The van der Waals surface area contributed by atoms with Gasteiger partial charge < -0.3 is 20.5 Å². The molecule has 1 unspecified atom stereocenters. The summed E-state index contributed by atoms with van der Waals surface area (Å²) in [5.41, 5.74) is 6.74. The van der Waals surface area contributed by atoms with Gasteiger partial charge in [-0.3, -0.25) is 9.59 Å². The Morgan fingerprint density at radius 1 is 1.46 bits per heavy atom. The quantitative estimate of drug-likeness (QED) is 0.762. The lowest BCUT2D eigenvalue weighted by molar-refractivity contribution is -0.133. The number of terminal acetylenes is 1. The van der Waals surface area contributed by atoms with Gasteiger partial charge in [-0.15, -0.1) is 6.42 Å². The van der Waals surface area contributed by atoms with E-state index in [4.69, 9.17) is 22.0 Å². The summed E-state index contributed by atoms with van der Waals surface area (Å²) in [6.45, 7) is 0.694. The van der Waals surface area contributed by atoms with E-state index in [9.17, 15) is 9.59 Å². The van der Waals surface area contributed by atoms with Gasteiger partial charge in [-0.05, 0) is 24.6 Å². The summed E-state index contributed by atoms with van der Waals surface area (Å²) in [7, 11) is 3.18. The van der Waals surface area contributed by atoms with Gasteiger partial charge in [0.15, 0.2) is 5.69 Å². The van der Waals surface area contributed by atoms with Crippen molar-refractivity contribution in [2.75, 3.05) is 20.7 Å². The van der Waals surface area contributed by atoms with Crippen LogP contribution in [0.4, 0.5) is 0 Å². The third kappa shape index (κ3) is 4.20. The van der Waals surface area contributed by atoms with Crippen molar-refractivity contribution in [3.63, 3.8) is 0 Å². The second kappa shape index (κ2) is 8.18. The zero-order valence-corrected chi connectivity index (χ0v) is 14.5. The molecule has 0 spiro atoms. The van der Waals surface area contributed by atoms with Crippen molar-refractivity contribution in [2.24, 2.45) is 5.73 Å². The van der Waals surface area contributed by atoms with E-state index in [0.717, 1.165) is 0 Å². The molecular weight excluding hydrogens is 336 g/mol. The van der Waals surface area contributed by atoms with Gasteiger partial charge in [-0.2, -0.15) is 5.10 Å². The SMILES string of the molecule is C#Cc1cccc(-n2nc(C(N)=O)cc2OC)c1.CN1CCC(O)C1=O. The number of aliphatic hydroxyl groups is 1. The van der Waals surface area contributed by atoms with E-state index >= 15 is 0 Å². The number of aromatic nitrogens is 2. The lowest BCUT2D eigenvalue weighted by Gasteiger charge is -2.05. The minimum Gasteiger partial charge on any atom is -0.481 e. The van der Waals surface area contributed by atoms with Crippen molar-refractivity contribution >= 4 is 11.8 Å². The van der Waals surface area contributed by atoms with Crippen molar-refractivity contribution in [3.8, 4) is 23.9 Å². The van der Waals surface area contributed by atoms with Crippen LogP contribution in [0.15, 0.2) is 30.3 Å². The third-order valence-electron chi connectivity index (χ3n) is 3.79. The van der Waals surface area contributed by atoms with E-state index in [0.29, 0.717) is 30.1 Å². The third-order valence-corrected chi connectivity index (χ3v) is 3.79. The number of carbonyl (C=O) groups excluding carboxylic acids is 2. The summed E-state index contributed by atoms with van der Waals surface area (Å²) in [5, 5.41) is 12.9. The molecule has 0 bridgehead atoms. The Kier molecular flexibility index (Phi) is 5.98. The van der Waals surface area contributed by atoms with Crippen LogP contribution in [0, 0.1) is 12.3 Å². The van der Waals surface area contributed by atoms with Crippen molar-refractivity contribution in [2.45, 2.75) is 12.5 Å². The molecule has 8 nitrogen and oxygen atoms in total. The summed E-state index contributed by atoms with van der Waals surface area (Å²) in [5.74, 6) is 2.19. The van der Waals surface area contributed by atoms with E-state index in [1.54, 1.807) is 31.3 Å². The normalized spacial score (nSPS) is 15.8. The number of carbonyl (C=O) groups is 2. The van der Waals surface area contributed by atoms with Crippen LogP contribution < -0.4 is 10.5 Å². The predicted octanol–water partition coefficient (Wildman–Crippen LogP) is 0.170. The molecule has 2 amide bonds. The average molecular weight is 356 g/mol. The van der Waals surface area contributed by atoms with Crippen LogP contribution in [0.25, 0.3) is 5.69 Å². The van der Waals surface area contributed by atoms with Crippen molar-refractivity contribution in [3.05, 3.63) is 41.6 Å². The number of hydrogen-bond acceptors (Lipinski definition) is 5.